The van der Waals surface area contributed by atoms with Gasteiger partial charge in [0, 0.05) is 18.7 Å². The van der Waals surface area contributed by atoms with E-state index in [1.54, 1.807) is 0 Å². The zero-order chi connectivity index (χ0) is 14.8. The van der Waals surface area contributed by atoms with Gasteiger partial charge in [-0.1, -0.05) is 35.8 Å². The van der Waals surface area contributed by atoms with Gasteiger partial charge >= 0.3 is 0 Å². The molecule has 3 rings (SSSR count). The highest BCUT2D eigenvalue weighted by Crippen LogP contribution is 2.48. The summed E-state index contributed by atoms with van der Waals surface area (Å²) in [7, 11) is 2.21. The quantitative estimate of drug-likeness (QED) is 0.379. The Hall–Kier alpha value is -1.55. The van der Waals surface area contributed by atoms with Crippen LogP contribution in [0.4, 0.5) is 0 Å². The maximum absolute atomic E-state index is 8.67. The summed E-state index contributed by atoms with van der Waals surface area (Å²) >= 11 is 0. The van der Waals surface area contributed by atoms with Crippen molar-refractivity contribution in [3.8, 4) is 0 Å². The summed E-state index contributed by atoms with van der Waals surface area (Å²) in [6.45, 7) is 2.17. The van der Waals surface area contributed by atoms with Crippen molar-refractivity contribution >= 4 is 5.84 Å². The standard InChI is InChI=1S/C17H25N3O/c1-20(11-16-9-13-4-7-15(16)8-13)10-12-2-5-14(6-3-12)17(18)19-21/h2-3,5-6,13,15-16,21H,4,7-11H2,1H3,(H2,18,19). The average molecular weight is 287 g/mol. The third-order valence-corrected chi connectivity index (χ3v) is 5.24. The molecule has 2 aliphatic carbocycles. The van der Waals surface area contributed by atoms with Crippen LogP contribution in [0.3, 0.4) is 0 Å². The largest absolute Gasteiger partial charge is 0.409 e. The first-order valence-corrected chi connectivity index (χ1v) is 7.91. The van der Waals surface area contributed by atoms with Crippen LogP contribution in [-0.2, 0) is 6.54 Å². The fraction of sp³-hybridized carbons (Fsp3) is 0.588. The van der Waals surface area contributed by atoms with Crippen LogP contribution in [0.25, 0.3) is 0 Å². The van der Waals surface area contributed by atoms with E-state index in [1.165, 1.54) is 37.8 Å². The molecule has 0 radical (unpaired) electrons. The maximum atomic E-state index is 8.67. The minimum absolute atomic E-state index is 0.164. The van der Waals surface area contributed by atoms with E-state index in [-0.39, 0.29) is 5.84 Å². The summed E-state index contributed by atoms with van der Waals surface area (Å²) in [5, 5.41) is 11.7. The normalized spacial score (nSPS) is 28.5. The third-order valence-electron chi connectivity index (χ3n) is 5.24. The van der Waals surface area contributed by atoms with Crippen LogP contribution in [0, 0.1) is 17.8 Å². The molecule has 0 saturated heterocycles. The first-order chi connectivity index (χ1) is 10.2. The lowest BCUT2D eigenvalue weighted by molar-refractivity contribution is 0.214. The summed E-state index contributed by atoms with van der Waals surface area (Å²) in [4.78, 5) is 2.43. The van der Waals surface area contributed by atoms with Crippen molar-refractivity contribution in [2.75, 3.05) is 13.6 Å². The van der Waals surface area contributed by atoms with E-state index in [2.05, 4.69) is 29.2 Å². The fourth-order valence-corrected chi connectivity index (χ4v) is 4.22. The van der Waals surface area contributed by atoms with Gasteiger partial charge in [-0.25, -0.2) is 0 Å². The highest BCUT2D eigenvalue weighted by Gasteiger charge is 2.39. The van der Waals surface area contributed by atoms with Gasteiger partial charge in [0.05, 0.1) is 0 Å². The van der Waals surface area contributed by atoms with Crippen LogP contribution >= 0.6 is 0 Å². The SMILES string of the molecule is CN(Cc1ccc(C(N)=NO)cc1)CC1CC2CCC1C2. The first-order valence-electron chi connectivity index (χ1n) is 7.91. The van der Waals surface area contributed by atoms with E-state index in [9.17, 15) is 0 Å². The molecule has 21 heavy (non-hydrogen) atoms. The lowest BCUT2D eigenvalue weighted by Gasteiger charge is -2.27. The monoisotopic (exact) mass is 287 g/mol. The summed E-state index contributed by atoms with van der Waals surface area (Å²) in [5.41, 5.74) is 7.61. The molecular formula is C17H25N3O. The van der Waals surface area contributed by atoms with Gasteiger partial charge in [-0.05, 0) is 49.6 Å². The molecule has 1 aromatic rings. The van der Waals surface area contributed by atoms with Gasteiger partial charge in [-0.15, -0.1) is 0 Å². The highest BCUT2D eigenvalue weighted by atomic mass is 16.4. The van der Waals surface area contributed by atoms with Gasteiger partial charge in [0.25, 0.3) is 0 Å². The average Bonchev–Trinajstić information content (AvgIpc) is 3.09. The number of fused-ring (bicyclic) bond motifs is 2. The predicted molar refractivity (Wildman–Crippen MR) is 84.2 cm³/mol. The summed E-state index contributed by atoms with van der Waals surface area (Å²) in [6, 6.07) is 7.95. The number of oxime groups is 1. The first kappa shape index (κ1) is 14.4. The molecule has 0 amide bonds. The molecule has 114 valence electrons. The second kappa shape index (κ2) is 6.06. The zero-order valence-electron chi connectivity index (χ0n) is 12.7. The number of nitrogens with two attached hydrogens (primary N) is 1. The number of amidine groups is 1. The van der Waals surface area contributed by atoms with E-state index in [0.717, 1.165) is 29.9 Å². The molecule has 2 saturated carbocycles. The van der Waals surface area contributed by atoms with Crippen molar-refractivity contribution < 1.29 is 5.21 Å². The smallest absolute Gasteiger partial charge is 0.170 e. The van der Waals surface area contributed by atoms with Gasteiger partial charge in [0.15, 0.2) is 5.84 Å². The molecular weight excluding hydrogens is 262 g/mol. The minimum atomic E-state index is 0.164. The van der Waals surface area contributed by atoms with Crippen molar-refractivity contribution in [2.45, 2.75) is 32.2 Å². The molecule has 1 aromatic carbocycles. The second-order valence-corrected chi connectivity index (χ2v) is 6.81. The number of rotatable bonds is 5. The van der Waals surface area contributed by atoms with Gasteiger partial charge in [-0.2, -0.15) is 0 Å². The molecule has 3 unspecified atom stereocenters. The molecule has 2 aliphatic rings. The van der Waals surface area contributed by atoms with Crippen LogP contribution < -0.4 is 5.73 Å². The van der Waals surface area contributed by atoms with Gasteiger partial charge in [0.1, 0.15) is 0 Å². The molecule has 3 atom stereocenters. The van der Waals surface area contributed by atoms with Crippen molar-refractivity contribution in [2.24, 2.45) is 28.6 Å². The van der Waals surface area contributed by atoms with Crippen molar-refractivity contribution in [1.29, 1.82) is 0 Å². The van der Waals surface area contributed by atoms with E-state index in [4.69, 9.17) is 10.9 Å². The highest BCUT2D eigenvalue weighted by molar-refractivity contribution is 5.96. The Bertz CT molecular complexity index is 511. The van der Waals surface area contributed by atoms with E-state index in [1.807, 2.05) is 12.1 Å². The molecule has 0 aliphatic heterocycles. The molecule has 2 bridgehead atoms. The van der Waals surface area contributed by atoms with Crippen LogP contribution in [0.2, 0.25) is 0 Å². The minimum Gasteiger partial charge on any atom is -0.409 e. The number of nitrogens with zero attached hydrogens (tertiary/aromatic N) is 2. The third kappa shape index (κ3) is 3.21. The van der Waals surface area contributed by atoms with Crippen LogP contribution in [0.1, 0.15) is 36.8 Å². The number of hydrogen-bond donors (Lipinski definition) is 2. The van der Waals surface area contributed by atoms with Crippen LogP contribution in [0.5, 0.6) is 0 Å². The topological polar surface area (TPSA) is 61.8 Å². The summed E-state index contributed by atoms with van der Waals surface area (Å²) in [5.74, 6) is 3.08. The molecule has 4 heteroatoms. The van der Waals surface area contributed by atoms with E-state index in [0.29, 0.717) is 0 Å². The van der Waals surface area contributed by atoms with Crippen molar-refractivity contribution in [1.82, 2.24) is 4.90 Å². The predicted octanol–water partition coefficient (Wildman–Crippen LogP) is 2.65. The Morgan fingerprint density at radius 1 is 1.29 bits per heavy atom. The van der Waals surface area contributed by atoms with Gasteiger partial charge in [0.2, 0.25) is 0 Å². The Balaban J connectivity index is 1.54. The molecule has 3 N–H and O–H groups in total. The lowest BCUT2D eigenvalue weighted by atomic mass is 9.88. The summed E-state index contributed by atoms with van der Waals surface area (Å²) in [6.07, 6.45) is 5.85. The van der Waals surface area contributed by atoms with Crippen LogP contribution in [0.15, 0.2) is 29.4 Å². The molecule has 2 fully saturated rings. The Kier molecular flexibility index (Phi) is 4.15. The fourth-order valence-electron chi connectivity index (χ4n) is 4.22. The number of benzene rings is 1. The zero-order valence-corrected chi connectivity index (χ0v) is 12.7. The lowest BCUT2D eigenvalue weighted by Crippen LogP contribution is -2.28. The molecule has 0 aromatic heterocycles. The van der Waals surface area contributed by atoms with Crippen molar-refractivity contribution in [3.63, 3.8) is 0 Å². The summed E-state index contributed by atoms with van der Waals surface area (Å²) < 4.78 is 0. The van der Waals surface area contributed by atoms with Gasteiger partial charge < -0.3 is 15.8 Å². The Morgan fingerprint density at radius 3 is 2.62 bits per heavy atom. The van der Waals surface area contributed by atoms with Crippen molar-refractivity contribution in [3.05, 3.63) is 35.4 Å². The molecule has 0 spiro atoms. The maximum Gasteiger partial charge on any atom is 0.170 e. The Labute approximate surface area is 126 Å². The second-order valence-electron chi connectivity index (χ2n) is 6.81. The molecule has 0 heterocycles. The molecule has 4 nitrogen and oxygen atoms in total. The van der Waals surface area contributed by atoms with E-state index < -0.39 is 0 Å². The van der Waals surface area contributed by atoms with Crippen LogP contribution in [-0.4, -0.2) is 29.5 Å². The van der Waals surface area contributed by atoms with Gasteiger partial charge in [-0.3, -0.25) is 0 Å². The number of hydrogen-bond acceptors (Lipinski definition) is 3. The Morgan fingerprint density at radius 2 is 2.05 bits per heavy atom. The van der Waals surface area contributed by atoms with E-state index >= 15 is 0 Å².